The Balaban J connectivity index is 1.91. The first-order valence-electron chi connectivity index (χ1n) is 8.72. The number of aryl methyl sites for hydroxylation is 2. The Morgan fingerprint density at radius 2 is 1.93 bits per heavy atom. The van der Waals surface area contributed by atoms with Crippen LogP contribution in [0.1, 0.15) is 24.5 Å². The Bertz CT molecular complexity index is 1070. The molecule has 0 unspecified atom stereocenters. The van der Waals surface area contributed by atoms with Crippen molar-refractivity contribution in [3.05, 3.63) is 58.3 Å². The summed E-state index contributed by atoms with van der Waals surface area (Å²) >= 11 is 0. The SMILES string of the molecule is COc1ccc(NC(=O)[C@H](C)n2nc(-c3cc(C)oc3C)cc(N)c2=O)cc1. The fourth-order valence-electron chi connectivity index (χ4n) is 2.84. The zero-order valence-electron chi connectivity index (χ0n) is 16.1. The molecule has 2 aromatic heterocycles. The lowest BCUT2D eigenvalue weighted by atomic mass is 10.1. The van der Waals surface area contributed by atoms with Gasteiger partial charge in [-0.15, -0.1) is 0 Å². The van der Waals surface area contributed by atoms with Crippen LogP contribution in [0.4, 0.5) is 11.4 Å². The van der Waals surface area contributed by atoms with E-state index >= 15 is 0 Å². The normalized spacial score (nSPS) is 11.9. The molecule has 8 heteroatoms. The molecule has 1 aromatic carbocycles. The van der Waals surface area contributed by atoms with Crippen LogP contribution in [-0.4, -0.2) is 22.8 Å². The molecule has 1 atom stereocenters. The largest absolute Gasteiger partial charge is 0.497 e. The smallest absolute Gasteiger partial charge is 0.290 e. The highest BCUT2D eigenvalue weighted by Crippen LogP contribution is 2.25. The predicted octanol–water partition coefficient (Wildman–Crippen LogP) is 2.91. The summed E-state index contributed by atoms with van der Waals surface area (Å²) in [5.41, 5.74) is 7.14. The van der Waals surface area contributed by atoms with Crippen LogP contribution in [0, 0.1) is 13.8 Å². The van der Waals surface area contributed by atoms with Crippen LogP contribution >= 0.6 is 0 Å². The molecule has 3 N–H and O–H groups in total. The van der Waals surface area contributed by atoms with Crippen LogP contribution in [0.15, 0.2) is 45.6 Å². The zero-order valence-corrected chi connectivity index (χ0v) is 16.1. The van der Waals surface area contributed by atoms with Crippen molar-refractivity contribution >= 4 is 17.3 Å². The first kappa shape index (κ1) is 19.2. The number of amides is 1. The molecule has 0 bridgehead atoms. The predicted molar refractivity (Wildman–Crippen MR) is 106 cm³/mol. The number of hydrogen-bond acceptors (Lipinski definition) is 6. The van der Waals surface area contributed by atoms with Gasteiger partial charge in [-0.05, 0) is 57.2 Å². The molecule has 0 aliphatic rings. The Morgan fingerprint density at radius 3 is 2.50 bits per heavy atom. The molecule has 0 aliphatic heterocycles. The van der Waals surface area contributed by atoms with Crippen LogP contribution in [0.2, 0.25) is 0 Å². The van der Waals surface area contributed by atoms with Gasteiger partial charge in [0, 0.05) is 11.3 Å². The Labute approximate surface area is 161 Å². The Hall–Kier alpha value is -3.55. The summed E-state index contributed by atoms with van der Waals surface area (Å²) in [4.78, 5) is 25.1. The van der Waals surface area contributed by atoms with Crippen molar-refractivity contribution in [2.75, 3.05) is 18.2 Å². The number of methoxy groups -OCH3 is 1. The fourth-order valence-corrected chi connectivity index (χ4v) is 2.84. The molecule has 0 saturated carbocycles. The maximum absolute atomic E-state index is 12.6. The minimum atomic E-state index is -0.870. The minimum absolute atomic E-state index is 0.00681. The van der Waals surface area contributed by atoms with Crippen molar-refractivity contribution in [1.29, 1.82) is 0 Å². The van der Waals surface area contributed by atoms with Crippen LogP contribution < -0.4 is 21.3 Å². The zero-order chi connectivity index (χ0) is 20.4. The van der Waals surface area contributed by atoms with Crippen molar-refractivity contribution in [1.82, 2.24) is 9.78 Å². The van der Waals surface area contributed by atoms with Gasteiger partial charge in [0.1, 0.15) is 29.0 Å². The Morgan fingerprint density at radius 1 is 1.25 bits per heavy atom. The first-order valence-corrected chi connectivity index (χ1v) is 8.72. The van der Waals surface area contributed by atoms with Gasteiger partial charge < -0.3 is 20.2 Å². The van der Waals surface area contributed by atoms with E-state index in [-0.39, 0.29) is 5.69 Å². The van der Waals surface area contributed by atoms with Crippen LogP contribution in [0.3, 0.4) is 0 Å². The highest BCUT2D eigenvalue weighted by Gasteiger charge is 2.21. The molecule has 0 saturated heterocycles. The number of nitrogen functional groups attached to an aromatic ring is 1. The number of aromatic nitrogens is 2. The number of rotatable bonds is 5. The van der Waals surface area contributed by atoms with Crippen molar-refractivity contribution < 1.29 is 13.9 Å². The summed E-state index contributed by atoms with van der Waals surface area (Å²) in [7, 11) is 1.56. The van der Waals surface area contributed by atoms with E-state index in [4.69, 9.17) is 14.9 Å². The van der Waals surface area contributed by atoms with Crippen LogP contribution in [0.25, 0.3) is 11.3 Å². The molecule has 0 radical (unpaired) electrons. The van der Waals surface area contributed by atoms with E-state index in [1.54, 1.807) is 45.2 Å². The lowest BCUT2D eigenvalue weighted by Gasteiger charge is -2.16. The maximum Gasteiger partial charge on any atom is 0.290 e. The summed E-state index contributed by atoms with van der Waals surface area (Å²) in [5, 5.41) is 7.11. The van der Waals surface area contributed by atoms with E-state index in [9.17, 15) is 9.59 Å². The quantitative estimate of drug-likeness (QED) is 0.702. The highest BCUT2D eigenvalue weighted by molar-refractivity contribution is 5.93. The summed E-state index contributed by atoms with van der Waals surface area (Å²) in [6.45, 7) is 5.21. The van der Waals surface area contributed by atoms with E-state index in [0.717, 1.165) is 16.0 Å². The van der Waals surface area contributed by atoms with Crippen molar-refractivity contribution in [3.8, 4) is 17.0 Å². The third kappa shape index (κ3) is 3.75. The van der Waals surface area contributed by atoms with Crippen molar-refractivity contribution in [3.63, 3.8) is 0 Å². The van der Waals surface area contributed by atoms with Crippen molar-refractivity contribution in [2.45, 2.75) is 26.8 Å². The number of hydrogen-bond donors (Lipinski definition) is 2. The molecule has 2 heterocycles. The molecule has 28 heavy (non-hydrogen) atoms. The Kier molecular flexibility index (Phi) is 5.21. The van der Waals surface area contributed by atoms with Gasteiger partial charge in [0.15, 0.2) is 0 Å². The van der Waals surface area contributed by atoms with Gasteiger partial charge >= 0.3 is 0 Å². The van der Waals surface area contributed by atoms with E-state index in [0.29, 0.717) is 22.9 Å². The molecule has 0 aliphatic carbocycles. The van der Waals surface area contributed by atoms with Crippen LogP contribution in [0.5, 0.6) is 5.75 Å². The molecule has 8 nitrogen and oxygen atoms in total. The highest BCUT2D eigenvalue weighted by atomic mass is 16.5. The van der Waals surface area contributed by atoms with Crippen LogP contribution in [-0.2, 0) is 4.79 Å². The number of carbonyl (C=O) groups excluding carboxylic acids is 1. The summed E-state index contributed by atoms with van der Waals surface area (Å²) < 4.78 is 11.7. The third-order valence-electron chi connectivity index (χ3n) is 4.38. The molecule has 146 valence electrons. The lowest BCUT2D eigenvalue weighted by molar-refractivity contribution is -0.119. The van der Waals surface area contributed by atoms with E-state index in [1.807, 2.05) is 13.0 Å². The van der Waals surface area contributed by atoms with E-state index < -0.39 is 17.5 Å². The molecule has 0 fully saturated rings. The second-order valence-corrected chi connectivity index (χ2v) is 6.46. The molecule has 0 spiro atoms. The van der Waals surface area contributed by atoms with Crippen molar-refractivity contribution in [2.24, 2.45) is 0 Å². The summed E-state index contributed by atoms with van der Waals surface area (Å²) in [6.07, 6.45) is 0. The standard InChI is InChI=1S/C20H22N4O4/c1-11-9-16(13(3)28-11)18-10-17(21)20(26)24(23-18)12(2)19(25)22-14-5-7-15(27-4)8-6-14/h5-10,12H,21H2,1-4H3,(H,22,25)/t12-/m0/s1. The van der Waals surface area contributed by atoms with Gasteiger partial charge in [-0.2, -0.15) is 5.10 Å². The summed E-state index contributed by atoms with van der Waals surface area (Å²) in [5.74, 6) is 1.66. The van der Waals surface area contributed by atoms with Gasteiger partial charge in [0.05, 0.1) is 12.8 Å². The maximum atomic E-state index is 12.6. The third-order valence-corrected chi connectivity index (χ3v) is 4.38. The minimum Gasteiger partial charge on any atom is -0.497 e. The second kappa shape index (κ2) is 7.59. The monoisotopic (exact) mass is 382 g/mol. The lowest BCUT2D eigenvalue weighted by Crippen LogP contribution is -2.34. The van der Waals surface area contributed by atoms with Gasteiger partial charge in [-0.1, -0.05) is 0 Å². The molecular weight excluding hydrogens is 360 g/mol. The number of benzene rings is 1. The van der Waals surface area contributed by atoms with E-state index in [1.165, 1.54) is 6.07 Å². The number of furan rings is 1. The second-order valence-electron chi connectivity index (χ2n) is 6.46. The van der Waals surface area contributed by atoms with Gasteiger partial charge in [0.2, 0.25) is 5.91 Å². The number of carbonyl (C=O) groups is 1. The average Bonchev–Trinajstić information content (AvgIpc) is 3.02. The number of anilines is 2. The fraction of sp³-hybridized carbons (Fsp3) is 0.250. The topological polar surface area (TPSA) is 112 Å². The number of nitrogens with two attached hydrogens (primary N) is 1. The van der Waals surface area contributed by atoms with Gasteiger partial charge in [0.25, 0.3) is 5.56 Å². The molecular formula is C20H22N4O4. The first-order chi connectivity index (χ1) is 13.3. The molecule has 3 aromatic rings. The molecule has 3 rings (SSSR count). The summed E-state index contributed by atoms with van der Waals surface area (Å²) in [6, 6.07) is 9.31. The average molecular weight is 382 g/mol. The van der Waals surface area contributed by atoms with Gasteiger partial charge in [-0.3, -0.25) is 9.59 Å². The van der Waals surface area contributed by atoms with E-state index in [2.05, 4.69) is 10.4 Å². The molecule has 1 amide bonds. The number of nitrogens with zero attached hydrogens (tertiary/aromatic N) is 2. The number of ether oxygens (including phenoxy) is 1. The van der Waals surface area contributed by atoms with Gasteiger partial charge in [-0.25, -0.2) is 4.68 Å². The number of nitrogens with one attached hydrogen (secondary N) is 1.